The number of nitrogens with zero attached hydrogens (tertiary/aromatic N) is 1. The van der Waals surface area contributed by atoms with Crippen molar-refractivity contribution in [3.63, 3.8) is 0 Å². The van der Waals surface area contributed by atoms with Crippen LogP contribution in [0.3, 0.4) is 0 Å². The van der Waals surface area contributed by atoms with Gasteiger partial charge in [-0.25, -0.2) is 0 Å². The minimum atomic E-state index is -1.51. The number of hydrogen-bond donors (Lipinski definition) is 0. The van der Waals surface area contributed by atoms with Crippen molar-refractivity contribution in [2.75, 3.05) is 6.61 Å². The van der Waals surface area contributed by atoms with Gasteiger partial charge in [-0.3, -0.25) is 6.58 Å². The molecule has 2 nitrogen and oxygen atoms in total. The Morgan fingerprint density at radius 1 is 1.33 bits per heavy atom. The second kappa shape index (κ2) is 9.17. The quantitative estimate of drug-likeness (QED) is 0.447. The largest absolute Gasteiger partial charge is 2.00 e. The molecule has 0 aliphatic rings. The van der Waals surface area contributed by atoms with E-state index in [2.05, 4.69) is 46.5 Å². The molecule has 0 saturated heterocycles. The molecule has 0 fully saturated rings. The van der Waals surface area contributed by atoms with Gasteiger partial charge in [-0.1, -0.05) is 20.8 Å². The van der Waals surface area contributed by atoms with Gasteiger partial charge in [0.25, 0.3) is 0 Å². The SMILES string of the molecule is C=[C-]CCO[Si](C)(C)C(C)(C)C.[C-]#N.[Cu+2]. The molecule has 0 atom stereocenters. The summed E-state index contributed by atoms with van der Waals surface area (Å²) in [7, 11) is -1.51. The summed E-state index contributed by atoms with van der Waals surface area (Å²) in [5, 5.41) is 6.56. The predicted molar refractivity (Wildman–Crippen MR) is 61.6 cm³/mol. The van der Waals surface area contributed by atoms with Gasteiger partial charge in [0, 0.05) is 6.61 Å². The summed E-state index contributed by atoms with van der Waals surface area (Å²) in [5.74, 6) is 0. The van der Waals surface area contributed by atoms with Gasteiger partial charge in [-0.05, 0) is 18.1 Å². The first-order valence-corrected chi connectivity index (χ1v) is 7.58. The van der Waals surface area contributed by atoms with Gasteiger partial charge in [-0.2, -0.15) is 6.42 Å². The minimum Gasteiger partial charge on any atom is -0.512 e. The average Bonchev–Trinajstić information content (AvgIpc) is 2.06. The van der Waals surface area contributed by atoms with Gasteiger partial charge in [0.05, 0.1) is 0 Å². The molecule has 0 aromatic carbocycles. The summed E-state index contributed by atoms with van der Waals surface area (Å²) in [4.78, 5) is 0. The van der Waals surface area contributed by atoms with Crippen LogP contribution in [0, 0.1) is 17.9 Å². The summed E-state index contributed by atoms with van der Waals surface area (Å²) in [6.07, 6.45) is 3.68. The van der Waals surface area contributed by atoms with E-state index < -0.39 is 8.32 Å². The van der Waals surface area contributed by atoms with Crippen LogP contribution < -0.4 is 0 Å². The molecule has 0 bridgehead atoms. The first kappa shape index (κ1) is 20.4. The Balaban J connectivity index is -0.000000449. The molecule has 4 heteroatoms. The van der Waals surface area contributed by atoms with E-state index in [-0.39, 0.29) is 17.1 Å². The van der Waals surface area contributed by atoms with E-state index in [1.54, 1.807) is 0 Å². The van der Waals surface area contributed by atoms with Crippen LogP contribution in [0.4, 0.5) is 0 Å². The maximum atomic E-state index is 6.25. The molecule has 0 aliphatic carbocycles. The molecular formula is C11H21CuNOSi. The fourth-order valence-electron chi connectivity index (χ4n) is 0.595. The molecule has 15 heavy (non-hydrogen) atoms. The van der Waals surface area contributed by atoms with Crippen molar-refractivity contribution in [2.45, 2.75) is 45.3 Å². The molecule has 0 aromatic rings. The van der Waals surface area contributed by atoms with Crippen molar-refractivity contribution in [1.82, 2.24) is 0 Å². The van der Waals surface area contributed by atoms with E-state index in [0.29, 0.717) is 5.04 Å². The van der Waals surface area contributed by atoms with Crippen LogP contribution in [0.5, 0.6) is 0 Å². The van der Waals surface area contributed by atoms with Gasteiger partial charge < -0.3 is 22.3 Å². The minimum absolute atomic E-state index is 0. The van der Waals surface area contributed by atoms with E-state index in [1.807, 2.05) is 0 Å². The van der Waals surface area contributed by atoms with Crippen LogP contribution in [0.15, 0.2) is 6.58 Å². The standard InChI is InChI=1S/C10H21OSi.CN.Cu/c1-7-8-9-11-12(5,6)10(2,3)4;1-2;/h1,8-9H2,2-6H3;;/q2*-1;+2. The van der Waals surface area contributed by atoms with Gasteiger partial charge in [-0.15, -0.1) is 0 Å². The van der Waals surface area contributed by atoms with Crippen LogP contribution in [-0.4, -0.2) is 14.9 Å². The smallest absolute Gasteiger partial charge is 0.512 e. The van der Waals surface area contributed by atoms with Crippen molar-refractivity contribution in [1.29, 1.82) is 5.26 Å². The van der Waals surface area contributed by atoms with E-state index in [9.17, 15) is 0 Å². The zero-order valence-electron chi connectivity index (χ0n) is 10.3. The maximum Gasteiger partial charge on any atom is 2.00 e. The Labute approximate surface area is 106 Å². The second-order valence-corrected chi connectivity index (χ2v) is 9.42. The van der Waals surface area contributed by atoms with Gasteiger partial charge in [0.1, 0.15) is 0 Å². The van der Waals surface area contributed by atoms with Crippen LogP contribution in [0.25, 0.3) is 0 Å². The van der Waals surface area contributed by atoms with E-state index in [4.69, 9.17) is 16.3 Å². The maximum absolute atomic E-state index is 6.25. The van der Waals surface area contributed by atoms with E-state index in [0.717, 1.165) is 13.0 Å². The molecule has 0 rings (SSSR count). The average molecular weight is 275 g/mol. The molecule has 91 valence electrons. The molecule has 0 amide bonds. The molecule has 0 N–H and O–H groups in total. The summed E-state index contributed by atoms with van der Waals surface area (Å²) >= 11 is 0. The van der Waals surface area contributed by atoms with Crippen molar-refractivity contribution < 1.29 is 21.5 Å². The molecule has 0 heterocycles. The van der Waals surface area contributed by atoms with Crippen molar-refractivity contribution >= 4 is 8.32 Å². The fourth-order valence-corrected chi connectivity index (χ4v) is 1.64. The zero-order chi connectivity index (χ0) is 11.8. The first-order chi connectivity index (χ1) is 6.31. The molecule has 0 aliphatic heterocycles. The molecule has 0 saturated carbocycles. The predicted octanol–water partition coefficient (Wildman–Crippen LogP) is 3.48. The summed E-state index contributed by atoms with van der Waals surface area (Å²) in [6, 6.07) is 0. The number of hydrogen-bond acceptors (Lipinski definition) is 2. The second-order valence-electron chi connectivity index (χ2n) is 4.61. The fraction of sp³-hybridized carbons (Fsp3) is 0.727. The van der Waals surface area contributed by atoms with Gasteiger partial charge in [0.15, 0.2) is 8.32 Å². The van der Waals surface area contributed by atoms with Crippen LogP contribution in [-0.2, 0) is 21.5 Å². The van der Waals surface area contributed by atoms with E-state index in [1.165, 1.54) is 0 Å². The normalized spacial score (nSPS) is 10.6. The van der Waals surface area contributed by atoms with E-state index >= 15 is 0 Å². The Kier molecular flexibility index (Phi) is 12.4. The van der Waals surface area contributed by atoms with Crippen LogP contribution in [0.2, 0.25) is 18.1 Å². The number of rotatable bonds is 4. The van der Waals surface area contributed by atoms with Crippen LogP contribution >= 0.6 is 0 Å². The summed E-state index contributed by atoms with van der Waals surface area (Å²) in [6.45, 7) is 20.3. The van der Waals surface area contributed by atoms with Gasteiger partial charge >= 0.3 is 17.1 Å². The Hall–Kier alpha value is -0.0736. The third-order valence-corrected chi connectivity index (χ3v) is 7.09. The van der Waals surface area contributed by atoms with Crippen LogP contribution in [0.1, 0.15) is 27.2 Å². The molecule has 1 radical (unpaired) electrons. The molecule has 0 unspecified atom stereocenters. The zero-order valence-corrected chi connectivity index (χ0v) is 12.2. The summed E-state index contributed by atoms with van der Waals surface area (Å²) in [5.41, 5.74) is 0. The van der Waals surface area contributed by atoms with Gasteiger partial charge in [0.2, 0.25) is 0 Å². The topological polar surface area (TPSA) is 33.0 Å². The Bertz CT molecular complexity index is 185. The molecular weight excluding hydrogens is 254 g/mol. The molecule has 0 aromatic heterocycles. The third-order valence-electron chi connectivity index (χ3n) is 2.55. The third kappa shape index (κ3) is 8.89. The Morgan fingerprint density at radius 3 is 2.00 bits per heavy atom. The first-order valence-electron chi connectivity index (χ1n) is 4.67. The van der Waals surface area contributed by atoms with Crippen molar-refractivity contribution in [3.8, 4) is 0 Å². The monoisotopic (exact) mass is 274 g/mol. The molecule has 0 spiro atoms. The summed E-state index contributed by atoms with van der Waals surface area (Å²) < 4.78 is 5.87. The van der Waals surface area contributed by atoms with Crippen molar-refractivity contribution in [3.05, 3.63) is 19.2 Å². The van der Waals surface area contributed by atoms with Crippen molar-refractivity contribution in [2.24, 2.45) is 0 Å². The Morgan fingerprint density at radius 2 is 1.73 bits per heavy atom.